The molecule has 176 valence electrons. The largest absolute Gasteiger partial charge is 0.492 e. The molecule has 2 aliphatic rings. The zero-order valence-electron chi connectivity index (χ0n) is 19.4. The van der Waals surface area contributed by atoms with Gasteiger partial charge in [-0.1, -0.05) is 24.3 Å². The smallest absolute Gasteiger partial charge is 0.283 e. The van der Waals surface area contributed by atoms with Crippen LogP contribution in [0.15, 0.2) is 70.3 Å². The van der Waals surface area contributed by atoms with Crippen LogP contribution >= 0.6 is 11.8 Å². The lowest BCUT2D eigenvalue weighted by Gasteiger charge is -2.20. The third kappa shape index (κ3) is 3.97. The molecule has 1 aromatic heterocycles. The first-order valence-corrected chi connectivity index (χ1v) is 11.9. The number of amidine groups is 2. The fourth-order valence-corrected chi connectivity index (χ4v) is 5.03. The number of carbonyl (C=O) groups is 1. The zero-order valence-corrected chi connectivity index (χ0v) is 20.2. The Morgan fingerprint density at radius 2 is 1.89 bits per heavy atom. The predicted molar refractivity (Wildman–Crippen MR) is 137 cm³/mol. The topological polar surface area (TPSA) is 83.0 Å². The first-order valence-electron chi connectivity index (χ1n) is 11.0. The fourth-order valence-electron chi connectivity index (χ4n) is 4.12. The number of hydrogen-bond acceptors (Lipinski definition) is 5. The molecule has 0 fully saturated rings. The van der Waals surface area contributed by atoms with E-state index in [1.165, 1.54) is 11.1 Å². The Balaban J connectivity index is 1.52. The number of benzene rings is 2. The van der Waals surface area contributed by atoms with E-state index in [9.17, 15) is 9.18 Å². The van der Waals surface area contributed by atoms with Gasteiger partial charge in [0.15, 0.2) is 5.84 Å². The number of nitrogens with one attached hydrogen (secondary N) is 1. The number of fused-ring (bicyclic) bond motifs is 1. The summed E-state index contributed by atoms with van der Waals surface area (Å²) in [5, 5.41) is 14.9. The quantitative estimate of drug-likeness (QED) is 0.495. The molecule has 1 N–H and O–H groups in total. The van der Waals surface area contributed by atoms with Crippen LogP contribution in [0.4, 0.5) is 4.39 Å². The standard InChI is InChI=1S/C26H22FN5O2S/c1-4-34-22-12-8-7-11-21(22)31-15(2)13-17(16(31)3)14-19-23(28)32-26(29-24(19)33)35-25(30-32)18-9-5-6-10-20(18)27/h5-14,28H,4H2,1-3H3/b19-14+,28-23?. The van der Waals surface area contributed by atoms with Gasteiger partial charge in [0, 0.05) is 17.0 Å². The number of hydrogen-bond donors (Lipinski definition) is 1. The second kappa shape index (κ2) is 8.99. The van der Waals surface area contributed by atoms with Crippen LogP contribution in [0.25, 0.3) is 11.8 Å². The van der Waals surface area contributed by atoms with Gasteiger partial charge in [-0.15, -0.1) is 0 Å². The van der Waals surface area contributed by atoms with Crippen LogP contribution < -0.4 is 4.74 Å². The molecule has 3 aromatic rings. The SMILES string of the molecule is CCOc1ccccc1-n1c(C)cc(/C=C2\C(=N)N3N=C(c4ccccc4F)SC3=NC2=O)c1C. The van der Waals surface area contributed by atoms with Gasteiger partial charge in [-0.25, -0.2) is 4.39 Å². The van der Waals surface area contributed by atoms with E-state index in [2.05, 4.69) is 14.7 Å². The Hall–Kier alpha value is -3.98. The molecule has 0 spiro atoms. The van der Waals surface area contributed by atoms with Gasteiger partial charge in [0.05, 0.1) is 17.9 Å². The normalized spacial score (nSPS) is 16.5. The average Bonchev–Trinajstić information content (AvgIpc) is 3.38. The lowest BCUT2D eigenvalue weighted by molar-refractivity contribution is -0.114. The molecule has 0 aliphatic carbocycles. The van der Waals surface area contributed by atoms with E-state index >= 15 is 0 Å². The molecule has 0 radical (unpaired) electrons. The van der Waals surface area contributed by atoms with Crippen LogP contribution in [0.1, 0.15) is 29.4 Å². The summed E-state index contributed by atoms with van der Waals surface area (Å²) in [6.45, 7) is 6.41. The maximum Gasteiger partial charge on any atom is 0.283 e. The summed E-state index contributed by atoms with van der Waals surface area (Å²) in [7, 11) is 0. The first kappa shape index (κ1) is 22.8. The number of hydrazone groups is 1. The first-order chi connectivity index (χ1) is 16.9. The monoisotopic (exact) mass is 487 g/mol. The highest BCUT2D eigenvalue weighted by molar-refractivity contribution is 8.27. The van der Waals surface area contributed by atoms with Crippen LogP contribution in [0, 0.1) is 25.1 Å². The third-order valence-electron chi connectivity index (χ3n) is 5.73. The van der Waals surface area contributed by atoms with E-state index in [-0.39, 0.29) is 16.6 Å². The molecule has 0 unspecified atom stereocenters. The number of nitrogens with zero attached hydrogens (tertiary/aromatic N) is 4. The number of aromatic nitrogens is 1. The van der Waals surface area contributed by atoms with Gasteiger partial charge in [0.1, 0.15) is 16.6 Å². The molecule has 0 atom stereocenters. The van der Waals surface area contributed by atoms with Crippen molar-refractivity contribution in [2.75, 3.05) is 6.61 Å². The summed E-state index contributed by atoms with van der Waals surface area (Å²) in [6, 6.07) is 16.0. The summed E-state index contributed by atoms with van der Waals surface area (Å²) in [5.41, 5.74) is 3.95. The number of aliphatic imine (C=N–C) groups is 1. The molecule has 0 saturated carbocycles. The maximum atomic E-state index is 14.3. The van der Waals surface area contributed by atoms with Gasteiger partial charge in [-0.3, -0.25) is 10.2 Å². The second-order valence-electron chi connectivity index (χ2n) is 7.97. The summed E-state index contributed by atoms with van der Waals surface area (Å²) in [6.07, 6.45) is 1.66. The van der Waals surface area contributed by atoms with Crippen molar-refractivity contribution in [2.45, 2.75) is 20.8 Å². The number of rotatable bonds is 5. The molecule has 1 amide bonds. The Labute approximate surface area is 206 Å². The van der Waals surface area contributed by atoms with Gasteiger partial charge in [0.25, 0.3) is 5.91 Å². The van der Waals surface area contributed by atoms with Crippen molar-refractivity contribution >= 4 is 39.8 Å². The van der Waals surface area contributed by atoms with Crippen LogP contribution in [0.2, 0.25) is 0 Å². The van der Waals surface area contributed by atoms with Crippen molar-refractivity contribution in [3.05, 3.63) is 88.5 Å². The summed E-state index contributed by atoms with van der Waals surface area (Å²) >= 11 is 1.07. The van der Waals surface area contributed by atoms with Crippen molar-refractivity contribution in [1.29, 1.82) is 5.41 Å². The molecule has 5 rings (SSSR count). The predicted octanol–water partition coefficient (Wildman–Crippen LogP) is 5.30. The Morgan fingerprint density at radius 1 is 1.14 bits per heavy atom. The number of halogens is 1. The molecule has 35 heavy (non-hydrogen) atoms. The Morgan fingerprint density at radius 3 is 2.66 bits per heavy atom. The van der Waals surface area contributed by atoms with E-state index in [1.807, 2.05) is 51.1 Å². The fraction of sp³-hybridized carbons (Fsp3) is 0.154. The van der Waals surface area contributed by atoms with Crippen LogP contribution in [0.5, 0.6) is 5.75 Å². The van der Waals surface area contributed by atoms with Gasteiger partial charge < -0.3 is 9.30 Å². The number of aryl methyl sites for hydroxylation is 1. The van der Waals surface area contributed by atoms with Gasteiger partial charge in [0.2, 0.25) is 5.17 Å². The number of thioether (sulfide) groups is 1. The highest BCUT2D eigenvalue weighted by Crippen LogP contribution is 2.33. The molecule has 3 heterocycles. The van der Waals surface area contributed by atoms with Crippen molar-refractivity contribution < 1.29 is 13.9 Å². The average molecular weight is 488 g/mol. The minimum Gasteiger partial charge on any atom is -0.492 e. The summed E-state index contributed by atoms with van der Waals surface area (Å²) in [5.74, 6) is -0.292. The Kier molecular flexibility index (Phi) is 5.86. The van der Waals surface area contributed by atoms with E-state index < -0.39 is 11.7 Å². The molecule has 2 aliphatic heterocycles. The van der Waals surface area contributed by atoms with Crippen LogP contribution in [0.3, 0.4) is 0 Å². The lowest BCUT2D eigenvalue weighted by atomic mass is 10.1. The highest BCUT2D eigenvalue weighted by Gasteiger charge is 2.36. The van der Waals surface area contributed by atoms with Crippen molar-refractivity contribution in [3.63, 3.8) is 0 Å². The van der Waals surface area contributed by atoms with Gasteiger partial charge >= 0.3 is 0 Å². The van der Waals surface area contributed by atoms with E-state index in [4.69, 9.17) is 10.1 Å². The number of para-hydroxylation sites is 2. The number of amides is 1. The van der Waals surface area contributed by atoms with Crippen LogP contribution in [-0.4, -0.2) is 38.1 Å². The molecule has 7 nitrogen and oxygen atoms in total. The van der Waals surface area contributed by atoms with Crippen molar-refractivity contribution in [3.8, 4) is 11.4 Å². The van der Waals surface area contributed by atoms with Crippen molar-refractivity contribution in [2.24, 2.45) is 10.1 Å². The molecule has 0 saturated heterocycles. The lowest BCUT2D eigenvalue weighted by Crippen LogP contribution is -2.35. The molecular formula is C26H22FN5O2S. The van der Waals surface area contributed by atoms with E-state index in [0.717, 1.165) is 40.2 Å². The van der Waals surface area contributed by atoms with E-state index in [1.54, 1.807) is 24.3 Å². The van der Waals surface area contributed by atoms with E-state index in [0.29, 0.717) is 17.2 Å². The molecular weight excluding hydrogens is 465 g/mol. The van der Waals surface area contributed by atoms with Crippen molar-refractivity contribution in [1.82, 2.24) is 9.58 Å². The Bertz CT molecular complexity index is 1470. The third-order valence-corrected chi connectivity index (χ3v) is 6.68. The minimum absolute atomic E-state index is 0.0987. The number of ether oxygens (including phenoxy) is 1. The van der Waals surface area contributed by atoms with Crippen LogP contribution in [-0.2, 0) is 4.79 Å². The highest BCUT2D eigenvalue weighted by atomic mass is 32.2. The summed E-state index contributed by atoms with van der Waals surface area (Å²) < 4.78 is 22.1. The molecule has 2 aromatic carbocycles. The van der Waals surface area contributed by atoms with Gasteiger partial charge in [-0.2, -0.15) is 15.1 Å². The summed E-state index contributed by atoms with van der Waals surface area (Å²) in [4.78, 5) is 17.0. The van der Waals surface area contributed by atoms with Gasteiger partial charge in [-0.05, 0) is 74.5 Å². The zero-order chi connectivity index (χ0) is 24.7. The maximum absolute atomic E-state index is 14.3. The molecule has 0 bridgehead atoms. The number of carbonyl (C=O) groups excluding carboxylic acids is 1. The minimum atomic E-state index is -0.529. The second-order valence-corrected chi connectivity index (χ2v) is 8.92. The molecule has 9 heteroatoms.